The van der Waals surface area contributed by atoms with Crippen LogP contribution in [0.2, 0.25) is 0 Å². The first-order valence-corrected chi connectivity index (χ1v) is 7.58. The molecule has 2 rings (SSSR count). The molecule has 1 aliphatic rings. The predicted molar refractivity (Wildman–Crippen MR) is 77.4 cm³/mol. The van der Waals surface area contributed by atoms with Gasteiger partial charge in [-0.05, 0) is 18.3 Å². The van der Waals surface area contributed by atoms with Crippen LogP contribution < -0.4 is 9.47 Å². The number of ether oxygens (including phenoxy) is 2. The smallest absolute Gasteiger partial charge is 0.220 e. The third kappa shape index (κ3) is 3.23. The van der Waals surface area contributed by atoms with E-state index in [2.05, 4.69) is 16.9 Å². The highest BCUT2D eigenvalue weighted by atomic mass is 32.2. The van der Waals surface area contributed by atoms with Crippen LogP contribution >= 0.6 is 11.8 Å². The molecule has 5 nitrogen and oxygen atoms in total. The predicted octanol–water partition coefficient (Wildman–Crippen LogP) is 2.73. The number of hydrogen-bond acceptors (Lipinski definition) is 6. The summed E-state index contributed by atoms with van der Waals surface area (Å²) in [7, 11) is 3.09. The van der Waals surface area contributed by atoms with Crippen LogP contribution in [0.3, 0.4) is 0 Å². The molecule has 1 aromatic rings. The van der Waals surface area contributed by atoms with Crippen molar-refractivity contribution in [3.63, 3.8) is 0 Å². The van der Waals surface area contributed by atoms with Gasteiger partial charge in [-0.1, -0.05) is 31.5 Å². The highest BCUT2D eigenvalue weighted by molar-refractivity contribution is 8.00. The maximum Gasteiger partial charge on any atom is 0.220 e. The summed E-state index contributed by atoms with van der Waals surface area (Å²) in [5.74, 6) is 0.890. The van der Waals surface area contributed by atoms with Crippen molar-refractivity contribution in [1.29, 1.82) is 0 Å². The zero-order valence-electron chi connectivity index (χ0n) is 12.1. The molecule has 0 aliphatic heterocycles. The Morgan fingerprint density at radius 3 is 2.25 bits per heavy atom. The minimum Gasteiger partial charge on any atom is -0.481 e. The molecule has 1 heterocycles. The Balaban J connectivity index is 2.20. The van der Waals surface area contributed by atoms with E-state index in [1.807, 2.05) is 0 Å². The molecule has 20 heavy (non-hydrogen) atoms. The molecule has 1 saturated carbocycles. The molecule has 0 N–H and O–H groups in total. The first-order valence-electron chi connectivity index (χ1n) is 6.70. The lowest BCUT2D eigenvalue weighted by Gasteiger charge is -2.28. The van der Waals surface area contributed by atoms with Gasteiger partial charge in [0.2, 0.25) is 11.8 Å². The van der Waals surface area contributed by atoms with Crippen molar-refractivity contribution < 1.29 is 14.3 Å². The van der Waals surface area contributed by atoms with E-state index >= 15 is 0 Å². The summed E-state index contributed by atoms with van der Waals surface area (Å²) in [4.78, 5) is 20.0. The highest BCUT2D eigenvalue weighted by Gasteiger charge is 2.38. The third-order valence-electron chi connectivity index (χ3n) is 3.87. The van der Waals surface area contributed by atoms with Gasteiger partial charge in [-0.2, -0.15) is 9.97 Å². The number of hydrogen-bond donors (Lipinski definition) is 0. The minimum atomic E-state index is -0.137. The molecular formula is C14H20N2O3S. The average molecular weight is 296 g/mol. The molecule has 0 bridgehead atoms. The van der Waals surface area contributed by atoms with Crippen molar-refractivity contribution in [2.45, 2.75) is 43.0 Å². The molecular weight excluding hydrogens is 276 g/mol. The molecule has 1 aromatic heterocycles. The van der Waals surface area contributed by atoms with Crippen molar-refractivity contribution in [3.8, 4) is 11.8 Å². The molecule has 1 atom stereocenters. The molecule has 0 amide bonds. The van der Waals surface area contributed by atoms with Gasteiger partial charge < -0.3 is 14.3 Å². The SMILES string of the molecule is COc1cc(OC)nc(SC(C=O)C2(C)CCCC2)n1. The largest absolute Gasteiger partial charge is 0.481 e. The zero-order valence-corrected chi connectivity index (χ0v) is 12.9. The summed E-state index contributed by atoms with van der Waals surface area (Å²) in [6.07, 6.45) is 5.54. The second-order valence-electron chi connectivity index (χ2n) is 5.27. The summed E-state index contributed by atoms with van der Waals surface area (Å²) in [6, 6.07) is 1.62. The average Bonchev–Trinajstić information content (AvgIpc) is 2.92. The molecule has 110 valence electrons. The van der Waals surface area contributed by atoms with E-state index in [4.69, 9.17) is 9.47 Å². The van der Waals surface area contributed by atoms with Gasteiger partial charge in [-0.25, -0.2) is 0 Å². The maximum atomic E-state index is 11.5. The van der Waals surface area contributed by atoms with Gasteiger partial charge in [0.15, 0.2) is 5.16 Å². The number of aromatic nitrogens is 2. The van der Waals surface area contributed by atoms with Crippen LogP contribution in [0.5, 0.6) is 11.8 Å². The number of nitrogens with zero attached hydrogens (tertiary/aromatic N) is 2. The summed E-state index contributed by atoms with van der Waals surface area (Å²) in [5, 5.41) is 0.383. The van der Waals surface area contributed by atoms with Crippen LogP contribution in [0, 0.1) is 5.41 Å². The third-order valence-corrected chi connectivity index (χ3v) is 5.19. The van der Waals surface area contributed by atoms with Gasteiger partial charge in [0.1, 0.15) is 6.29 Å². The van der Waals surface area contributed by atoms with Crippen LogP contribution in [-0.4, -0.2) is 35.7 Å². The van der Waals surface area contributed by atoms with Crippen LogP contribution in [0.15, 0.2) is 11.2 Å². The summed E-state index contributed by atoms with van der Waals surface area (Å²) >= 11 is 1.39. The molecule has 0 saturated heterocycles. The fourth-order valence-electron chi connectivity index (χ4n) is 2.56. The van der Waals surface area contributed by atoms with Crippen molar-refractivity contribution in [1.82, 2.24) is 9.97 Å². The van der Waals surface area contributed by atoms with E-state index in [9.17, 15) is 4.79 Å². The van der Waals surface area contributed by atoms with Crippen molar-refractivity contribution >= 4 is 18.0 Å². The van der Waals surface area contributed by atoms with Crippen LogP contribution in [0.25, 0.3) is 0 Å². The van der Waals surface area contributed by atoms with Crippen molar-refractivity contribution in [2.24, 2.45) is 5.41 Å². The first kappa shape index (κ1) is 15.1. The molecule has 0 radical (unpaired) electrons. The molecule has 0 aromatic carbocycles. The lowest BCUT2D eigenvalue weighted by Crippen LogP contribution is -2.28. The summed E-state index contributed by atoms with van der Waals surface area (Å²) < 4.78 is 10.3. The van der Waals surface area contributed by atoms with E-state index in [1.165, 1.54) is 24.6 Å². The maximum absolute atomic E-state index is 11.5. The second kappa shape index (κ2) is 6.43. The number of methoxy groups -OCH3 is 2. The van der Waals surface area contributed by atoms with E-state index in [0.29, 0.717) is 16.9 Å². The lowest BCUT2D eigenvalue weighted by atomic mass is 9.85. The number of thioether (sulfide) groups is 1. The van der Waals surface area contributed by atoms with Gasteiger partial charge in [0, 0.05) is 0 Å². The quantitative estimate of drug-likeness (QED) is 0.457. The molecule has 1 fully saturated rings. The highest BCUT2D eigenvalue weighted by Crippen LogP contribution is 2.46. The molecule has 0 spiro atoms. The van der Waals surface area contributed by atoms with E-state index < -0.39 is 0 Å². The van der Waals surface area contributed by atoms with Gasteiger partial charge in [-0.3, -0.25) is 0 Å². The fraction of sp³-hybridized carbons (Fsp3) is 0.643. The molecule has 1 aliphatic carbocycles. The van der Waals surface area contributed by atoms with Crippen LogP contribution in [0.4, 0.5) is 0 Å². The van der Waals surface area contributed by atoms with Gasteiger partial charge in [0.25, 0.3) is 0 Å². The first-order chi connectivity index (χ1) is 9.61. The van der Waals surface area contributed by atoms with Crippen LogP contribution in [0.1, 0.15) is 32.6 Å². The number of carbonyl (C=O) groups excluding carboxylic acids is 1. The molecule has 6 heteroatoms. The van der Waals surface area contributed by atoms with E-state index in [1.54, 1.807) is 20.3 Å². The Hall–Kier alpha value is -1.30. The normalized spacial score (nSPS) is 18.6. The zero-order chi connectivity index (χ0) is 14.6. The van der Waals surface area contributed by atoms with Gasteiger partial charge in [0.05, 0.1) is 25.5 Å². The Morgan fingerprint density at radius 2 is 1.80 bits per heavy atom. The Kier molecular flexibility index (Phi) is 4.86. The lowest BCUT2D eigenvalue weighted by molar-refractivity contribution is -0.109. The van der Waals surface area contributed by atoms with E-state index in [0.717, 1.165) is 19.1 Å². The second-order valence-corrected chi connectivity index (χ2v) is 6.38. The monoisotopic (exact) mass is 296 g/mol. The van der Waals surface area contributed by atoms with Crippen LogP contribution in [-0.2, 0) is 4.79 Å². The van der Waals surface area contributed by atoms with Crippen molar-refractivity contribution in [2.75, 3.05) is 14.2 Å². The number of carbonyl (C=O) groups is 1. The topological polar surface area (TPSA) is 61.3 Å². The van der Waals surface area contributed by atoms with Gasteiger partial charge in [-0.15, -0.1) is 0 Å². The molecule has 1 unspecified atom stereocenters. The Labute approximate surface area is 123 Å². The van der Waals surface area contributed by atoms with E-state index in [-0.39, 0.29) is 10.7 Å². The number of aldehydes is 1. The van der Waals surface area contributed by atoms with Crippen molar-refractivity contribution in [3.05, 3.63) is 6.07 Å². The Bertz CT molecular complexity index is 453. The minimum absolute atomic E-state index is 0.0338. The standard InChI is InChI=1S/C14H20N2O3S/c1-14(6-4-5-7-14)10(9-17)20-13-15-11(18-2)8-12(16-13)19-3/h8-10H,4-7H2,1-3H3. The summed E-state index contributed by atoms with van der Waals surface area (Å²) in [6.45, 7) is 2.17. The van der Waals surface area contributed by atoms with Gasteiger partial charge >= 0.3 is 0 Å². The Morgan fingerprint density at radius 1 is 1.25 bits per heavy atom. The fourth-order valence-corrected chi connectivity index (χ4v) is 3.65. The summed E-state index contributed by atoms with van der Waals surface area (Å²) in [5.41, 5.74) is 0.0338. The number of rotatable bonds is 6.